The van der Waals surface area contributed by atoms with Crippen LogP contribution in [-0.4, -0.2) is 27.1 Å². The molecule has 1 atom stereocenters. The van der Waals surface area contributed by atoms with Crippen LogP contribution in [-0.2, 0) is 17.9 Å². The minimum absolute atomic E-state index is 0.210. The largest absolute Gasteiger partial charge is 0.463 e. The van der Waals surface area contributed by atoms with Crippen molar-refractivity contribution in [3.8, 4) is 11.5 Å². The van der Waals surface area contributed by atoms with E-state index in [1.807, 2.05) is 63.2 Å². The molecular formula is C28H28N4O3. The van der Waals surface area contributed by atoms with Crippen LogP contribution in [0.15, 0.2) is 71.3 Å². The molecule has 178 valence electrons. The van der Waals surface area contributed by atoms with E-state index in [0.29, 0.717) is 23.7 Å². The fraction of sp³-hybridized carbons (Fsp3) is 0.250. The van der Waals surface area contributed by atoms with Gasteiger partial charge in [-0.05, 0) is 68.1 Å². The number of nitrogens with zero attached hydrogens (tertiary/aromatic N) is 3. The smallest absolute Gasteiger partial charge is 0.277 e. The third-order valence-electron chi connectivity index (χ3n) is 6.93. The Kier molecular flexibility index (Phi) is 5.55. The van der Waals surface area contributed by atoms with E-state index >= 15 is 0 Å². The van der Waals surface area contributed by atoms with Gasteiger partial charge in [0.05, 0.1) is 12.8 Å². The van der Waals surface area contributed by atoms with Gasteiger partial charge in [0.2, 0.25) is 5.91 Å². The van der Waals surface area contributed by atoms with Gasteiger partial charge in [0.15, 0.2) is 5.76 Å². The number of fused-ring (bicyclic) bond motifs is 1. The summed E-state index contributed by atoms with van der Waals surface area (Å²) in [6.45, 7) is 8.38. The number of carbonyl (C=O) groups is 2. The number of hydrogen-bond acceptors (Lipinski definition) is 4. The van der Waals surface area contributed by atoms with Gasteiger partial charge in [0, 0.05) is 18.3 Å². The molecule has 0 spiro atoms. The summed E-state index contributed by atoms with van der Waals surface area (Å²) < 4.78 is 7.12. The molecular weight excluding hydrogens is 440 g/mol. The van der Waals surface area contributed by atoms with Crippen LogP contribution in [0.25, 0.3) is 11.5 Å². The number of anilines is 1. The first kappa shape index (κ1) is 22.7. The van der Waals surface area contributed by atoms with Crippen LogP contribution in [0.2, 0.25) is 0 Å². The molecule has 2 aromatic heterocycles. The van der Waals surface area contributed by atoms with Crippen molar-refractivity contribution in [1.29, 1.82) is 0 Å². The molecule has 1 N–H and O–H groups in total. The molecule has 0 saturated heterocycles. The molecule has 0 fully saturated rings. The fourth-order valence-electron chi connectivity index (χ4n) is 4.66. The maximum Gasteiger partial charge on any atom is 0.277 e. The van der Waals surface area contributed by atoms with E-state index in [1.165, 1.54) is 0 Å². The molecule has 3 heterocycles. The zero-order valence-corrected chi connectivity index (χ0v) is 20.3. The number of aryl methyl sites for hydroxylation is 2. The van der Waals surface area contributed by atoms with E-state index in [-0.39, 0.29) is 18.4 Å². The molecule has 2 aromatic carbocycles. The average Bonchev–Trinajstić information content (AvgIpc) is 3.51. The molecule has 35 heavy (non-hydrogen) atoms. The van der Waals surface area contributed by atoms with Gasteiger partial charge < -0.3 is 9.73 Å². The second-order valence-corrected chi connectivity index (χ2v) is 9.29. The minimum Gasteiger partial charge on any atom is -0.463 e. The van der Waals surface area contributed by atoms with E-state index in [0.717, 1.165) is 27.9 Å². The van der Waals surface area contributed by atoms with Crippen LogP contribution < -0.4 is 10.2 Å². The predicted octanol–water partition coefficient (Wildman–Crippen LogP) is 4.80. The summed E-state index contributed by atoms with van der Waals surface area (Å²) in [5, 5.41) is 7.69. The average molecular weight is 469 g/mol. The maximum atomic E-state index is 14.0. The second-order valence-electron chi connectivity index (χ2n) is 9.29. The van der Waals surface area contributed by atoms with Gasteiger partial charge in [-0.15, -0.1) is 0 Å². The van der Waals surface area contributed by atoms with Crippen molar-refractivity contribution in [2.24, 2.45) is 0 Å². The molecule has 0 radical (unpaired) electrons. The fourth-order valence-corrected chi connectivity index (χ4v) is 4.66. The summed E-state index contributed by atoms with van der Waals surface area (Å²) in [6.07, 6.45) is 1.57. The lowest BCUT2D eigenvalue weighted by Gasteiger charge is -2.43. The predicted molar refractivity (Wildman–Crippen MR) is 134 cm³/mol. The summed E-state index contributed by atoms with van der Waals surface area (Å²) in [4.78, 5) is 29.4. The van der Waals surface area contributed by atoms with Crippen molar-refractivity contribution in [2.45, 2.75) is 46.3 Å². The lowest BCUT2D eigenvalue weighted by Crippen LogP contribution is -2.64. The van der Waals surface area contributed by atoms with Gasteiger partial charge in [0.25, 0.3) is 5.91 Å². The van der Waals surface area contributed by atoms with Crippen LogP contribution in [0, 0.1) is 20.8 Å². The SMILES string of the molecule is Cc1ccccc1CNC(=O)[C@@]1(C)Cn2nc(-c3ccco3)cc2C(=O)N1c1cccc(C)c1C. The first-order chi connectivity index (χ1) is 16.8. The summed E-state index contributed by atoms with van der Waals surface area (Å²) in [5.74, 6) is 0.0585. The van der Waals surface area contributed by atoms with Crippen molar-refractivity contribution in [3.63, 3.8) is 0 Å². The Morgan fingerprint density at radius 3 is 2.57 bits per heavy atom. The molecule has 2 amide bonds. The summed E-state index contributed by atoms with van der Waals surface area (Å²) in [6, 6.07) is 19.1. The van der Waals surface area contributed by atoms with Crippen molar-refractivity contribution in [1.82, 2.24) is 15.1 Å². The van der Waals surface area contributed by atoms with Gasteiger partial charge in [0.1, 0.15) is 16.9 Å². The van der Waals surface area contributed by atoms with Gasteiger partial charge in [-0.3, -0.25) is 19.2 Å². The van der Waals surface area contributed by atoms with Gasteiger partial charge in [-0.2, -0.15) is 5.10 Å². The van der Waals surface area contributed by atoms with E-state index < -0.39 is 5.54 Å². The van der Waals surface area contributed by atoms with Gasteiger partial charge >= 0.3 is 0 Å². The van der Waals surface area contributed by atoms with Gasteiger partial charge in [-0.1, -0.05) is 36.4 Å². The van der Waals surface area contributed by atoms with Crippen LogP contribution in [0.5, 0.6) is 0 Å². The lowest BCUT2D eigenvalue weighted by atomic mass is 9.92. The highest BCUT2D eigenvalue weighted by Crippen LogP contribution is 2.36. The molecule has 5 rings (SSSR count). The van der Waals surface area contributed by atoms with Crippen molar-refractivity contribution >= 4 is 17.5 Å². The van der Waals surface area contributed by atoms with E-state index in [1.54, 1.807) is 41.0 Å². The van der Waals surface area contributed by atoms with Crippen LogP contribution in [0.4, 0.5) is 5.69 Å². The normalized spacial score (nSPS) is 17.4. The first-order valence-corrected chi connectivity index (χ1v) is 11.6. The Morgan fingerprint density at radius 1 is 1.06 bits per heavy atom. The summed E-state index contributed by atoms with van der Waals surface area (Å²) in [5.41, 5.74) is 4.64. The Balaban J connectivity index is 1.57. The molecule has 1 aliphatic heterocycles. The quantitative estimate of drug-likeness (QED) is 0.456. The zero-order chi connectivity index (χ0) is 24.7. The molecule has 4 aromatic rings. The van der Waals surface area contributed by atoms with Crippen molar-refractivity contribution < 1.29 is 14.0 Å². The molecule has 1 aliphatic rings. The highest BCUT2D eigenvalue weighted by molar-refractivity contribution is 6.12. The number of aromatic nitrogens is 2. The van der Waals surface area contributed by atoms with Crippen LogP contribution >= 0.6 is 0 Å². The Hall–Kier alpha value is -4.13. The number of amides is 2. The van der Waals surface area contributed by atoms with Crippen LogP contribution in [0.1, 0.15) is 39.7 Å². The lowest BCUT2D eigenvalue weighted by molar-refractivity contribution is -0.126. The molecule has 7 heteroatoms. The summed E-state index contributed by atoms with van der Waals surface area (Å²) in [7, 11) is 0. The summed E-state index contributed by atoms with van der Waals surface area (Å²) >= 11 is 0. The van der Waals surface area contributed by atoms with Crippen molar-refractivity contribution in [2.75, 3.05) is 4.90 Å². The Labute approximate surface area is 204 Å². The monoisotopic (exact) mass is 468 g/mol. The molecule has 7 nitrogen and oxygen atoms in total. The highest BCUT2D eigenvalue weighted by Gasteiger charge is 2.49. The van der Waals surface area contributed by atoms with Crippen molar-refractivity contribution in [3.05, 3.63) is 94.9 Å². The Morgan fingerprint density at radius 2 is 1.83 bits per heavy atom. The molecule has 0 unspecified atom stereocenters. The minimum atomic E-state index is -1.20. The number of hydrogen-bond donors (Lipinski definition) is 1. The number of nitrogens with one attached hydrogen (secondary N) is 1. The third kappa shape index (κ3) is 3.83. The van der Waals surface area contributed by atoms with E-state index in [9.17, 15) is 9.59 Å². The van der Waals surface area contributed by atoms with Crippen LogP contribution in [0.3, 0.4) is 0 Å². The number of furan rings is 1. The highest BCUT2D eigenvalue weighted by atomic mass is 16.3. The zero-order valence-electron chi connectivity index (χ0n) is 20.3. The number of carbonyl (C=O) groups excluding carboxylic acids is 2. The molecule has 0 bridgehead atoms. The van der Waals surface area contributed by atoms with E-state index in [4.69, 9.17) is 4.42 Å². The topological polar surface area (TPSA) is 80.4 Å². The maximum absolute atomic E-state index is 14.0. The number of benzene rings is 2. The van der Waals surface area contributed by atoms with E-state index in [2.05, 4.69) is 10.4 Å². The second kappa shape index (κ2) is 8.58. The molecule has 0 saturated carbocycles. The Bertz CT molecular complexity index is 1420. The molecule has 0 aliphatic carbocycles. The number of rotatable bonds is 5. The third-order valence-corrected chi connectivity index (χ3v) is 6.93. The standard InChI is InChI=1S/C28H28N4O3/c1-18-10-7-12-23(20(18)3)32-26(33)24-15-22(25-13-8-14-35-25)30-31(24)17-28(32,4)27(34)29-16-21-11-6-5-9-19(21)2/h5-15H,16-17H2,1-4H3,(H,29,34)/t28-/m1/s1. The van der Waals surface area contributed by atoms with Gasteiger partial charge in [-0.25, -0.2) is 0 Å². The first-order valence-electron chi connectivity index (χ1n) is 11.6.